The van der Waals surface area contributed by atoms with E-state index in [2.05, 4.69) is 29.0 Å². The molecule has 0 radical (unpaired) electrons. The maximum Gasteiger partial charge on any atom is 0.241 e. The summed E-state index contributed by atoms with van der Waals surface area (Å²) in [5, 5.41) is 6.14. The van der Waals surface area contributed by atoms with Gasteiger partial charge in [-0.3, -0.25) is 4.79 Å². The molecule has 1 aliphatic heterocycles. The topological polar surface area (TPSA) is 41.1 Å². The Labute approximate surface area is 106 Å². The van der Waals surface area contributed by atoms with E-state index < -0.39 is 0 Å². The van der Waals surface area contributed by atoms with E-state index in [1.165, 1.54) is 5.56 Å². The third-order valence-corrected chi connectivity index (χ3v) is 3.53. The maximum atomic E-state index is 11.8. The van der Waals surface area contributed by atoms with Crippen LogP contribution in [0, 0.1) is 0 Å². The van der Waals surface area contributed by atoms with Gasteiger partial charge in [0.2, 0.25) is 5.91 Å². The maximum absolute atomic E-state index is 11.8. The van der Waals surface area contributed by atoms with Crippen LogP contribution in [-0.2, 0) is 10.5 Å². The summed E-state index contributed by atoms with van der Waals surface area (Å²) >= 11 is 1.80. The molecule has 92 valence electrons. The molecule has 0 saturated carbocycles. The Bertz CT molecular complexity index is 372. The normalized spacial score (nSPS) is 19.2. The van der Waals surface area contributed by atoms with Crippen molar-refractivity contribution < 1.29 is 4.79 Å². The molecule has 0 spiro atoms. The van der Waals surface area contributed by atoms with Gasteiger partial charge in [-0.1, -0.05) is 12.1 Å². The minimum Gasteiger partial charge on any atom is -0.325 e. The van der Waals surface area contributed by atoms with Crippen LogP contribution in [0.25, 0.3) is 0 Å². The first kappa shape index (κ1) is 12.5. The Hall–Kier alpha value is -1.00. The van der Waals surface area contributed by atoms with Crippen LogP contribution in [0.3, 0.4) is 0 Å². The van der Waals surface area contributed by atoms with E-state index in [1.807, 2.05) is 12.1 Å². The molecule has 0 aromatic heterocycles. The smallest absolute Gasteiger partial charge is 0.241 e. The fraction of sp³-hybridized carbons (Fsp3) is 0.462. The van der Waals surface area contributed by atoms with E-state index in [0.717, 1.165) is 30.8 Å². The first-order chi connectivity index (χ1) is 8.29. The van der Waals surface area contributed by atoms with Crippen molar-refractivity contribution in [2.75, 3.05) is 18.1 Å². The number of anilines is 1. The van der Waals surface area contributed by atoms with Crippen LogP contribution in [0.2, 0.25) is 0 Å². The lowest BCUT2D eigenvalue weighted by molar-refractivity contribution is -0.117. The molecule has 0 bridgehead atoms. The SMILES string of the molecule is CSCc1ccc(NC(=O)C2CCCN2)cc1. The van der Waals surface area contributed by atoms with Gasteiger partial charge in [0.25, 0.3) is 0 Å². The van der Waals surface area contributed by atoms with Gasteiger partial charge in [0.15, 0.2) is 0 Å². The van der Waals surface area contributed by atoms with Crippen LogP contribution in [0.1, 0.15) is 18.4 Å². The number of carbonyl (C=O) groups excluding carboxylic acids is 1. The lowest BCUT2D eigenvalue weighted by Crippen LogP contribution is -2.35. The van der Waals surface area contributed by atoms with E-state index in [0.29, 0.717) is 0 Å². The largest absolute Gasteiger partial charge is 0.325 e. The minimum atomic E-state index is -0.0131. The summed E-state index contributed by atoms with van der Waals surface area (Å²) in [6, 6.07) is 8.06. The molecule has 0 aliphatic carbocycles. The van der Waals surface area contributed by atoms with E-state index in [9.17, 15) is 4.79 Å². The molecule has 1 aliphatic rings. The third-order valence-electron chi connectivity index (χ3n) is 2.91. The average Bonchev–Trinajstić information content (AvgIpc) is 2.86. The number of carbonyl (C=O) groups is 1. The van der Waals surface area contributed by atoms with Gasteiger partial charge in [-0.15, -0.1) is 0 Å². The van der Waals surface area contributed by atoms with Crippen molar-refractivity contribution in [1.82, 2.24) is 5.32 Å². The highest BCUT2D eigenvalue weighted by Crippen LogP contribution is 2.15. The first-order valence-corrected chi connectivity index (χ1v) is 7.31. The van der Waals surface area contributed by atoms with Gasteiger partial charge < -0.3 is 10.6 Å². The molecule has 1 aromatic carbocycles. The van der Waals surface area contributed by atoms with Crippen molar-refractivity contribution in [3.63, 3.8) is 0 Å². The van der Waals surface area contributed by atoms with E-state index in [1.54, 1.807) is 11.8 Å². The van der Waals surface area contributed by atoms with Crippen LogP contribution < -0.4 is 10.6 Å². The number of amides is 1. The second-order valence-corrected chi connectivity index (χ2v) is 5.13. The van der Waals surface area contributed by atoms with E-state index in [-0.39, 0.29) is 11.9 Å². The van der Waals surface area contributed by atoms with Gasteiger partial charge in [0, 0.05) is 11.4 Å². The zero-order chi connectivity index (χ0) is 12.1. The molecule has 4 heteroatoms. The van der Waals surface area contributed by atoms with Crippen molar-refractivity contribution in [2.45, 2.75) is 24.6 Å². The molecule has 1 fully saturated rings. The molecule has 3 nitrogen and oxygen atoms in total. The van der Waals surface area contributed by atoms with Crippen LogP contribution in [0.5, 0.6) is 0 Å². The zero-order valence-corrected chi connectivity index (χ0v) is 10.8. The molecule has 17 heavy (non-hydrogen) atoms. The molecular weight excluding hydrogens is 232 g/mol. The van der Waals surface area contributed by atoms with Gasteiger partial charge in [0.05, 0.1) is 6.04 Å². The lowest BCUT2D eigenvalue weighted by atomic mass is 10.2. The Kier molecular flexibility index (Phi) is 4.45. The monoisotopic (exact) mass is 250 g/mol. The second kappa shape index (κ2) is 6.07. The predicted octanol–water partition coefficient (Wildman–Crippen LogP) is 2.24. The van der Waals surface area contributed by atoms with Crippen LogP contribution in [0.4, 0.5) is 5.69 Å². The van der Waals surface area contributed by atoms with Gasteiger partial charge in [-0.2, -0.15) is 11.8 Å². The Morgan fingerprint density at radius 2 is 2.24 bits per heavy atom. The number of hydrogen-bond donors (Lipinski definition) is 2. The molecule has 1 aromatic rings. The highest BCUT2D eigenvalue weighted by molar-refractivity contribution is 7.97. The van der Waals surface area contributed by atoms with Crippen molar-refractivity contribution in [3.05, 3.63) is 29.8 Å². The van der Waals surface area contributed by atoms with Crippen molar-refractivity contribution in [1.29, 1.82) is 0 Å². The summed E-state index contributed by atoms with van der Waals surface area (Å²) in [6.45, 7) is 0.949. The Morgan fingerprint density at radius 3 is 2.82 bits per heavy atom. The molecule has 1 saturated heterocycles. The zero-order valence-electron chi connectivity index (χ0n) is 10.0. The van der Waals surface area contributed by atoms with Crippen LogP contribution >= 0.6 is 11.8 Å². The fourth-order valence-electron chi connectivity index (χ4n) is 1.99. The molecule has 1 heterocycles. The highest BCUT2D eigenvalue weighted by atomic mass is 32.2. The van der Waals surface area contributed by atoms with E-state index in [4.69, 9.17) is 0 Å². The van der Waals surface area contributed by atoms with Crippen LogP contribution in [-0.4, -0.2) is 24.7 Å². The van der Waals surface area contributed by atoms with E-state index >= 15 is 0 Å². The summed E-state index contributed by atoms with van der Waals surface area (Å²) < 4.78 is 0. The standard InChI is InChI=1S/C13H18N2OS/c1-17-9-10-4-6-11(7-5-10)15-13(16)12-3-2-8-14-12/h4-7,12,14H,2-3,8-9H2,1H3,(H,15,16). The third kappa shape index (κ3) is 3.48. The number of nitrogens with one attached hydrogen (secondary N) is 2. The first-order valence-electron chi connectivity index (χ1n) is 5.92. The molecule has 1 unspecified atom stereocenters. The minimum absolute atomic E-state index is 0.0131. The molecule has 2 rings (SSSR count). The van der Waals surface area contributed by atoms with Gasteiger partial charge in [0.1, 0.15) is 0 Å². The lowest BCUT2D eigenvalue weighted by Gasteiger charge is -2.11. The second-order valence-electron chi connectivity index (χ2n) is 4.27. The summed E-state index contributed by atoms with van der Waals surface area (Å²) in [5.41, 5.74) is 2.17. The quantitative estimate of drug-likeness (QED) is 0.861. The van der Waals surface area contributed by atoms with Crippen molar-refractivity contribution in [3.8, 4) is 0 Å². The Balaban J connectivity index is 1.91. The van der Waals surface area contributed by atoms with Gasteiger partial charge in [-0.25, -0.2) is 0 Å². The molecule has 1 amide bonds. The molecule has 2 N–H and O–H groups in total. The highest BCUT2D eigenvalue weighted by Gasteiger charge is 2.21. The van der Waals surface area contributed by atoms with Gasteiger partial charge >= 0.3 is 0 Å². The van der Waals surface area contributed by atoms with Crippen molar-refractivity contribution in [2.24, 2.45) is 0 Å². The average molecular weight is 250 g/mol. The fourth-order valence-corrected chi connectivity index (χ4v) is 2.51. The Morgan fingerprint density at radius 1 is 1.47 bits per heavy atom. The van der Waals surface area contributed by atoms with Crippen LogP contribution in [0.15, 0.2) is 24.3 Å². The summed E-state index contributed by atoms with van der Waals surface area (Å²) in [6.07, 6.45) is 4.11. The molecular formula is C13H18N2OS. The van der Waals surface area contributed by atoms with Crippen molar-refractivity contribution >= 4 is 23.4 Å². The number of rotatable bonds is 4. The van der Waals surface area contributed by atoms with Gasteiger partial charge in [-0.05, 0) is 43.3 Å². The number of thioether (sulfide) groups is 1. The number of benzene rings is 1. The predicted molar refractivity (Wildman–Crippen MR) is 73.3 cm³/mol. The summed E-state index contributed by atoms with van der Waals surface area (Å²) in [7, 11) is 0. The summed E-state index contributed by atoms with van der Waals surface area (Å²) in [4.78, 5) is 11.8. The number of hydrogen-bond acceptors (Lipinski definition) is 3. The summed E-state index contributed by atoms with van der Waals surface area (Å²) in [5.74, 6) is 1.10. The molecule has 1 atom stereocenters.